The summed E-state index contributed by atoms with van der Waals surface area (Å²) in [5, 5.41) is 9.25. The minimum absolute atomic E-state index is 0.0216. The van der Waals surface area contributed by atoms with Gasteiger partial charge in [0.05, 0.1) is 10.0 Å². The summed E-state index contributed by atoms with van der Waals surface area (Å²) in [6.07, 6.45) is 0.754. The lowest BCUT2D eigenvalue weighted by Gasteiger charge is -2.19. The molecule has 1 aliphatic rings. The highest BCUT2D eigenvalue weighted by Gasteiger charge is 2.29. The molecular weight excluding hydrogens is 436 g/mol. The van der Waals surface area contributed by atoms with Crippen LogP contribution < -0.4 is 4.90 Å². The molecule has 0 atom stereocenters. The number of fused-ring (bicyclic) bond motifs is 3. The summed E-state index contributed by atoms with van der Waals surface area (Å²) >= 11 is 3.15. The van der Waals surface area contributed by atoms with E-state index in [9.17, 15) is 14.7 Å². The number of pyridine rings is 1. The number of hydrogen-bond acceptors (Lipinski definition) is 4. The number of aromatic nitrogens is 1. The van der Waals surface area contributed by atoms with Crippen molar-refractivity contribution in [3.8, 4) is 11.1 Å². The van der Waals surface area contributed by atoms with Gasteiger partial charge < -0.3 is 9.84 Å². The summed E-state index contributed by atoms with van der Waals surface area (Å²) in [6.45, 7) is 0.180. The van der Waals surface area contributed by atoms with Crippen LogP contribution in [0.15, 0.2) is 65.3 Å². The predicted octanol–water partition coefficient (Wildman–Crippen LogP) is 4.93. The zero-order valence-corrected chi connectivity index (χ0v) is 17.1. The highest BCUT2D eigenvalue weighted by atomic mass is 79.9. The zero-order valence-electron chi connectivity index (χ0n) is 15.5. The second kappa shape index (κ2) is 7.67. The minimum Gasteiger partial charge on any atom is -0.478 e. The number of anilines is 1. The Morgan fingerprint density at radius 2 is 1.69 bits per heavy atom. The van der Waals surface area contributed by atoms with Crippen molar-refractivity contribution < 1.29 is 19.4 Å². The molecule has 0 aliphatic heterocycles. The van der Waals surface area contributed by atoms with Crippen molar-refractivity contribution in [3.05, 3.63) is 82.0 Å². The van der Waals surface area contributed by atoms with Gasteiger partial charge in [0.15, 0.2) is 0 Å². The normalized spacial score (nSPS) is 12.2. The molecule has 0 bridgehead atoms. The van der Waals surface area contributed by atoms with Crippen molar-refractivity contribution in [2.75, 3.05) is 18.6 Å². The van der Waals surface area contributed by atoms with E-state index >= 15 is 0 Å². The average Bonchev–Trinajstić information content (AvgIpc) is 3.05. The van der Waals surface area contributed by atoms with Gasteiger partial charge in [-0.25, -0.2) is 14.6 Å². The average molecular weight is 453 g/mol. The Hall–Kier alpha value is -3.19. The van der Waals surface area contributed by atoms with Crippen molar-refractivity contribution in [3.63, 3.8) is 0 Å². The standard InChI is InChI=1S/C22H17BrN2O4/c1-25(20-10-17(21(26)27)19(23)11-24-20)22(28)29-12-18-15-8-4-2-6-13(15)14-7-3-5-9-16(14)18/h2-11,18H,12H2,1H3,(H,26,27). The molecule has 29 heavy (non-hydrogen) atoms. The molecule has 4 rings (SSSR count). The third-order valence-electron chi connectivity index (χ3n) is 5.02. The molecular formula is C22H17BrN2O4. The van der Waals surface area contributed by atoms with Gasteiger partial charge in [-0.05, 0) is 44.3 Å². The van der Waals surface area contributed by atoms with E-state index in [1.54, 1.807) is 0 Å². The van der Waals surface area contributed by atoms with E-state index in [0.717, 1.165) is 22.3 Å². The maximum Gasteiger partial charge on any atom is 0.415 e. The fourth-order valence-electron chi connectivity index (χ4n) is 3.56. The Morgan fingerprint density at radius 3 is 2.28 bits per heavy atom. The molecule has 1 aromatic heterocycles. The lowest BCUT2D eigenvalue weighted by molar-refractivity contribution is 0.0695. The summed E-state index contributed by atoms with van der Waals surface area (Å²) < 4.78 is 5.92. The first-order valence-corrected chi connectivity index (χ1v) is 9.74. The smallest absolute Gasteiger partial charge is 0.415 e. The molecule has 0 fully saturated rings. The number of benzene rings is 2. The highest BCUT2D eigenvalue weighted by Crippen LogP contribution is 2.44. The molecule has 1 aliphatic carbocycles. The predicted molar refractivity (Wildman–Crippen MR) is 112 cm³/mol. The Morgan fingerprint density at radius 1 is 1.10 bits per heavy atom. The number of carbonyl (C=O) groups is 2. The molecule has 0 saturated carbocycles. The number of hydrogen-bond donors (Lipinski definition) is 1. The van der Waals surface area contributed by atoms with Crippen molar-refractivity contribution in [2.24, 2.45) is 0 Å². The van der Waals surface area contributed by atoms with Crippen LogP contribution in [-0.2, 0) is 4.74 Å². The maximum atomic E-state index is 12.6. The Labute approximate surface area is 175 Å². The maximum absolute atomic E-state index is 12.6. The van der Waals surface area contributed by atoms with Gasteiger partial charge in [0.2, 0.25) is 0 Å². The number of nitrogens with zero attached hydrogens (tertiary/aromatic N) is 2. The van der Waals surface area contributed by atoms with E-state index in [1.807, 2.05) is 36.4 Å². The van der Waals surface area contributed by atoms with Crippen molar-refractivity contribution in [1.29, 1.82) is 0 Å². The van der Waals surface area contributed by atoms with Gasteiger partial charge >= 0.3 is 12.1 Å². The van der Waals surface area contributed by atoms with Gasteiger partial charge in [-0.1, -0.05) is 48.5 Å². The van der Waals surface area contributed by atoms with Gasteiger partial charge in [-0.2, -0.15) is 0 Å². The minimum atomic E-state index is -1.11. The zero-order chi connectivity index (χ0) is 20.5. The van der Waals surface area contributed by atoms with E-state index < -0.39 is 12.1 Å². The molecule has 0 saturated heterocycles. The van der Waals surface area contributed by atoms with Gasteiger partial charge in [0, 0.05) is 19.2 Å². The lowest BCUT2D eigenvalue weighted by Crippen LogP contribution is -2.29. The number of carbonyl (C=O) groups excluding carboxylic acids is 1. The monoisotopic (exact) mass is 452 g/mol. The van der Waals surface area contributed by atoms with Crippen LogP contribution in [0.5, 0.6) is 0 Å². The van der Waals surface area contributed by atoms with E-state index in [1.165, 1.54) is 24.2 Å². The van der Waals surface area contributed by atoms with Crippen LogP contribution in [0.25, 0.3) is 11.1 Å². The Balaban J connectivity index is 1.53. The number of rotatable bonds is 4. The van der Waals surface area contributed by atoms with Crippen LogP contribution in [0, 0.1) is 0 Å². The summed E-state index contributed by atoms with van der Waals surface area (Å²) in [6, 6.07) is 17.5. The van der Waals surface area contributed by atoms with Crippen LogP contribution in [0.1, 0.15) is 27.4 Å². The first-order valence-electron chi connectivity index (χ1n) is 8.95. The quantitative estimate of drug-likeness (QED) is 0.606. The number of carboxylic acids is 1. The van der Waals surface area contributed by atoms with Crippen molar-refractivity contribution in [1.82, 2.24) is 4.98 Å². The molecule has 3 aromatic rings. The summed E-state index contributed by atoms with van der Waals surface area (Å²) in [5.74, 6) is -0.962. The summed E-state index contributed by atoms with van der Waals surface area (Å²) in [4.78, 5) is 29.2. The number of ether oxygens (including phenoxy) is 1. The number of amides is 1. The second-order valence-electron chi connectivity index (χ2n) is 6.69. The van der Waals surface area contributed by atoms with Gasteiger partial charge in [-0.3, -0.25) is 4.90 Å². The summed E-state index contributed by atoms with van der Waals surface area (Å²) in [7, 11) is 1.50. The van der Waals surface area contributed by atoms with Crippen molar-refractivity contribution in [2.45, 2.75) is 5.92 Å². The molecule has 0 unspecified atom stereocenters. The topological polar surface area (TPSA) is 79.7 Å². The number of halogens is 1. The van der Waals surface area contributed by atoms with Gasteiger partial charge in [-0.15, -0.1) is 0 Å². The Bertz CT molecular complexity index is 1070. The van der Waals surface area contributed by atoms with Crippen LogP contribution >= 0.6 is 15.9 Å². The molecule has 1 amide bonds. The molecule has 1 heterocycles. The molecule has 6 nitrogen and oxygen atoms in total. The first kappa shape index (κ1) is 19.1. The fourth-order valence-corrected chi connectivity index (χ4v) is 3.95. The lowest BCUT2D eigenvalue weighted by atomic mass is 9.98. The van der Waals surface area contributed by atoms with Crippen molar-refractivity contribution >= 4 is 33.8 Å². The molecule has 0 radical (unpaired) electrons. The van der Waals surface area contributed by atoms with Crippen LogP contribution in [-0.4, -0.2) is 35.8 Å². The molecule has 7 heteroatoms. The second-order valence-corrected chi connectivity index (χ2v) is 7.54. The fraction of sp³-hybridized carbons (Fsp3) is 0.136. The first-order chi connectivity index (χ1) is 14.0. The summed E-state index contributed by atoms with van der Waals surface area (Å²) in [5.41, 5.74) is 4.57. The van der Waals surface area contributed by atoms with E-state index in [2.05, 4.69) is 33.0 Å². The van der Waals surface area contributed by atoms with Crippen LogP contribution in [0.3, 0.4) is 0 Å². The van der Waals surface area contributed by atoms with E-state index in [0.29, 0.717) is 4.47 Å². The third-order valence-corrected chi connectivity index (χ3v) is 5.66. The number of aromatic carboxylic acids is 1. The third kappa shape index (κ3) is 3.49. The molecule has 146 valence electrons. The number of carboxylic acid groups (broad SMARTS) is 1. The van der Waals surface area contributed by atoms with Crippen LogP contribution in [0.2, 0.25) is 0 Å². The molecule has 0 spiro atoms. The van der Waals surface area contributed by atoms with E-state index in [4.69, 9.17) is 4.74 Å². The molecule has 1 N–H and O–H groups in total. The van der Waals surface area contributed by atoms with E-state index in [-0.39, 0.29) is 23.9 Å². The highest BCUT2D eigenvalue weighted by molar-refractivity contribution is 9.10. The SMILES string of the molecule is CN(C(=O)OCC1c2ccccc2-c2ccccc21)c1cc(C(=O)O)c(Br)cn1. The Kier molecular flexibility index (Phi) is 5.07. The van der Waals surface area contributed by atoms with Crippen LogP contribution in [0.4, 0.5) is 10.6 Å². The van der Waals surface area contributed by atoms with Gasteiger partial charge in [0.25, 0.3) is 0 Å². The largest absolute Gasteiger partial charge is 0.478 e. The molecule has 2 aromatic carbocycles. The van der Waals surface area contributed by atoms with Gasteiger partial charge in [0.1, 0.15) is 12.4 Å².